The van der Waals surface area contributed by atoms with Crippen LogP contribution < -0.4 is 11.5 Å². The molecular formula is C9H19N3O. The van der Waals surface area contributed by atoms with E-state index < -0.39 is 0 Å². The van der Waals surface area contributed by atoms with E-state index in [0.717, 1.165) is 25.9 Å². The fourth-order valence-corrected chi connectivity index (χ4v) is 1.65. The zero-order valence-corrected chi connectivity index (χ0v) is 8.04. The molecule has 0 bridgehead atoms. The summed E-state index contributed by atoms with van der Waals surface area (Å²) >= 11 is 0. The fraction of sp³-hybridized carbons (Fsp3) is 0.889. The second kappa shape index (κ2) is 5.19. The molecule has 1 atom stereocenters. The van der Waals surface area contributed by atoms with Crippen molar-refractivity contribution >= 4 is 5.91 Å². The molecule has 0 unspecified atom stereocenters. The van der Waals surface area contributed by atoms with Crippen molar-refractivity contribution in [3.63, 3.8) is 0 Å². The van der Waals surface area contributed by atoms with Gasteiger partial charge in [-0.2, -0.15) is 0 Å². The lowest BCUT2D eigenvalue weighted by Crippen LogP contribution is -2.46. The van der Waals surface area contributed by atoms with E-state index in [-0.39, 0.29) is 11.9 Å². The van der Waals surface area contributed by atoms with Crippen LogP contribution in [0, 0.1) is 0 Å². The number of carbonyl (C=O) groups is 1. The molecule has 1 aliphatic rings. The van der Waals surface area contributed by atoms with Gasteiger partial charge in [-0.3, -0.25) is 4.79 Å². The van der Waals surface area contributed by atoms with Crippen LogP contribution in [0.4, 0.5) is 0 Å². The van der Waals surface area contributed by atoms with Crippen molar-refractivity contribution in [2.45, 2.75) is 31.7 Å². The van der Waals surface area contributed by atoms with Crippen molar-refractivity contribution in [2.75, 3.05) is 19.6 Å². The first-order chi connectivity index (χ1) is 6.25. The van der Waals surface area contributed by atoms with Crippen LogP contribution in [0.15, 0.2) is 0 Å². The molecular weight excluding hydrogens is 166 g/mol. The van der Waals surface area contributed by atoms with Crippen LogP contribution in [0.2, 0.25) is 0 Å². The Morgan fingerprint density at radius 2 is 1.92 bits per heavy atom. The van der Waals surface area contributed by atoms with Gasteiger partial charge in [-0.15, -0.1) is 0 Å². The summed E-state index contributed by atoms with van der Waals surface area (Å²) in [5.41, 5.74) is 11.0. The van der Waals surface area contributed by atoms with E-state index in [1.807, 2.05) is 4.90 Å². The monoisotopic (exact) mass is 185 g/mol. The summed E-state index contributed by atoms with van der Waals surface area (Å²) < 4.78 is 0. The number of piperidine rings is 1. The lowest BCUT2D eigenvalue weighted by Gasteiger charge is -2.28. The standard InChI is InChI=1S/C9H19N3O/c10-5-4-8(11)9(13)12-6-2-1-3-7-12/h8H,1-7,10-11H2/t8-/m1/s1. The summed E-state index contributed by atoms with van der Waals surface area (Å²) in [5.74, 6) is 0.0742. The van der Waals surface area contributed by atoms with Crippen LogP contribution in [0.1, 0.15) is 25.7 Å². The van der Waals surface area contributed by atoms with Crippen LogP contribution in [-0.4, -0.2) is 36.5 Å². The van der Waals surface area contributed by atoms with Gasteiger partial charge in [0.05, 0.1) is 6.04 Å². The molecule has 0 aromatic rings. The van der Waals surface area contributed by atoms with Gasteiger partial charge in [0.1, 0.15) is 0 Å². The normalized spacial score (nSPS) is 20.0. The average Bonchev–Trinajstić information content (AvgIpc) is 2.18. The highest BCUT2D eigenvalue weighted by atomic mass is 16.2. The minimum Gasteiger partial charge on any atom is -0.341 e. The first-order valence-corrected chi connectivity index (χ1v) is 5.00. The molecule has 1 amide bonds. The minimum atomic E-state index is -0.386. The molecule has 1 heterocycles. The molecule has 1 rings (SSSR count). The molecule has 4 N–H and O–H groups in total. The van der Waals surface area contributed by atoms with Crippen molar-refractivity contribution < 1.29 is 4.79 Å². The van der Waals surface area contributed by atoms with Gasteiger partial charge in [0.15, 0.2) is 0 Å². The Balaban J connectivity index is 2.36. The number of amides is 1. The maximum absolute atomic E-state index is 11.6. The third-order valence-electron chi connectivity index (χ3n) is 2.46. The summed E-state index contributed by atoms with van der Waals surface area (Å²) in [5, 5.41) is 0. The summed E-state index contributed by atoms with van der Waals surface area (Å²) in [6, 6.07) is -0.386. The number of carbonyl (C=O) groups excluding carboxylic acids is 1. The molecule has 0 aromatic heterocycles. The molecule has 4 heteroatoms. The highest BCUT2D eigenvalue weighted by molar-refractivity contribution is 5.81. The quantitative estimate of drug-likeness (QED) is 0.632. The SMILES string of the molecule is NCC[C@@H](N)C(=O)N1CCCCC1. The molecule has 1 saturated heterocycles. The van der Waals surface area contributed by atoms with Gasteiger partial charge in [-0.05, 0) is 32.2 Å². The van der Waals surface area contributed by atoms with Gasteiger partial charge in [0.25, 0.3) is 0 Å². The van der Waals surface area contributed by atoms with Gasteiger partial charge in [0.2, 0.25) is 5.91 Å². The first kappa shape index (κ1) is 10.5. The van der Waals surface area contributed by atoms with Gasteiger partial charge in [-0.25, -0.2) is 0 Å². The Kier molecular flexibility index (Phi) is 4.18. The average molecular weight is 185 g/mol. The highest BCUT2D eigenvalue weighted by Gasteiger charge is 2.21. The van der Waals surface area contributed by atoms with Crippen LogP contribution in [0.3, 0.4) is 0 Å². The summed E-state index contributed by atoms with van der Waals surface area (Å²) in [4.78, 5) is 13.5. The second-order valence-electron chi connectivity index (χ2n) is 3.57. The Hall–Kier alpha value is -0.610. The van der Waals surface area contributed by atoms with Gasteiger partial charge in [-0.1, -0.05) is 0 Å². The van der Waals surface area contributed by atoms with Crippen molar-refractivity contribution in [3.05, 3.63) is 0 Å². The molecule has 4 nitrogen and oxygen atoms in total. The van der Waals surface area contributed by atoms with E-state index in [0.29, 0.717) is 13.0 Å². The zero-order chi connectivity index (χ0) is 9.68. The second-order valence-corrected chi connectivity index (χ2v) is 3.57. The zero-order valence-electron chi connectivity index (χ0n) is 8.04. The number of nitrogens with two attached hydrogens (primary N) is 2. The predicted molar refractivity (Wildman–Crippen MR) is 52.1 cm³/mol. The number of hydrogen-bond donors (Lipinski definition) is 2. The van der Waals surface area contributed by atoms with E-state index in [2.05, 4.69) is 0 Å². The topological polar surface area (TPSA) is 72.3 Å². The van der Waals surface area contributed by atoms with Crippen LogP contribution in [0.5, 0.6) is 0 Å². The molecule has 0 radical (unpaired) electrons. The third-order valence-corrected chi connectivity index (χ3v) is 2.46. The Bertz CT molecular complexity index is 166. The Labute approximate surface area is 79.3 Å². The van der Waals surface area contributed by atoms with Crippen molar-refractivity contribution in [3.8, 4) is 0 Å². The lowest BCUT2D eigenvalue weighted by atomic mass is 10.1. The van der Waals surface area contributed by atoms with Crippen LogP contribution in [0.25, 0.3) is 0 Å². The van der Waals surface area contributed by atoms with E-state index in [1.165, 1.54) is 6.42 Å². The van der Waals surface area contributed by atoms with Crippen LogP contribution >= 0.6 is 0 Å². The lowest BCUT2D eigenvalue weighted by molar-refractivity contribution is -0.133. The smallest absolute Gasteiger partial charge is 0.239 e. The van der Waals surface area contributed by atoms with Crippen molar-refractivity contribution in [2.24, 2.45) is 11.5 Å². The minimum absolute atomic E-state index is 0.0742. The maximum Gasteiger partial charge on any atom is 0.239 e. The molecule has 0 aliphatic carbocycles. The van der Waals surface area contributed by atoms with Gasteiger partial charge < -0.3 is 16.4 Å². The number of likely N-dealkylation sites (tertiary alicyclic amines) is 1. The summed E-state index contributed by atoms with van der Waals surface area (Å²) in [7, 11) is 0. The molecule has 0 aromatic carbocycles. The summed E-state index contributed by atoms with van der Waals surface area (Å²) in [6.45, 7) is 2.23. The van der Waals surface area contributed by atoms with Gasteiger partial charge in [0, 0.05) is 13.1 Å². The molecule has 76 valence electrons. The predicted octanol–water partition coefficient (Wildman–Crippen LogP) is -0.325. The fourth-order valence-electron chi connectivity index (χ4n) is 1.65. The maximum atomic E-state index is 11.6. The van der Waals surface area contributed by atoms with Gasteiger partial charge >= 0.3 is 0 Å². The molecule has 0 spiro atoms. The largest absolute Gasteiger partial charge is 0.341 e. The Morgan fingerprint density at radius 1 is 1.31 bits per heavy atom. The van der Waals surface area contributed by atoms with E-state index >= 15 is 0 Å². The third kappa shape index (κ3) is 2.97. The summed E-state index contributed by atoms with van der Waals surface area (Å²) in [6.07, 6.45) is 4.05. The molecule has 1 aliphatic heterocycles. The van der Waals surface area contributed by atoms with Crippen LogP contribution in [-0.2, 0) is 4.79 Å². The van der Waals surface area contributed by atoms with Crippen molar-refractivity contribution in [1.82, 2.24) is 4.90 Å². The number of rotatable bonds is 3. The first-order valence-electron chi connectivity index (χ1n) is 5.00. The van der Waals surface area contributed by atoms with E-state index in [4.69, 9.17) is 11.5 Å². The Morgan fingerprint density at radius 3 is 2.46 bits per heavy atom. The van der Waals surface area contributed by atoms with E-state index in [1.54, 1.807) is 0 Å². The molecule has 0 saturated carbocycles. The highest BCUT2D eigenvalue weighted by Crippen LogP contribution is 2.09. The number of nitrogens with zero attached hydrogens (tertiary/aromatic N) is 1. The van der Waals surface area contributed by atoms with Crippen molar-refractivity contribution in [1.29, 1.82) is 0 Å². The molecule has 1 fully saturated rings. The number of hydrogen-bond acceptors (Lipinski definition) is 3. The van der Waals surface area contributed by atoms with E-state index in [9.17, 15) is 4.79 Å². The molecule has 13 heavy (non-hydrogen) atoms.